The Morgan fingerprint density at radius 3 is 2.29 bits per heavy atom. The van der Waals surface area contributed by atoms with Gasteiger partial charge in [-0.15, -0.1) is 0 Å². The Bertz CT molecular complexity index is 572. The van der Waals surface area contributed by atoms with Gasteiger partial charge in [-0.2, -0.15) is 0 Å². The van der Waals surface area contributed by atoms with Crippen LogP contribution >= 0.6 is 0 Å². The van der Waals surface area contributed by atoms with Gasteiger partial charge >= 0.3 is 11.9 Å². The predicted molar refractivity (Wildman–Crippen MR) is 92.0 cm³/mol. The van der Waals surface area contributed by atoms with Crippen molar-refractivity contribution < 1.29 is 49.8 Å². The molecular weight excluding hydrogens is 380 g/mol. The van der Waals surface area contributed by atoms with Crippen molar-refractivity contribution in [3.05, 3.63) is 0 Å². The number of aliphatic hydroxyl groups excluding tert-OH is 3. The molecule has 1 aliphatic rings. The first kappa shape index (κ1) is 24.2. The zero-order valence-electron chi connectivity index (χ0n) is 15.6. The Morgan fingerprint density at radius 2 is 1.79 bits per heavy atom. The van der Waals surface area contributed by atoms with Crippen LogP contribution in [-0.4, -0.2) is 97.8 Å². The summed E-state index contributed by atoms with van der Waals surface area (Å²) < 4.78 is 5.00. The van der Waals surface area contributed by atoms with Gasteiger partial charge in [0.25, 0.3) is 0 Å². The molecule has 6 atom stereocenters. The molecule has 1 rings (SSSR count). The van der Waals surface area contributed by atoms with Crippen molar-refractivity contribution in [3.63, 3.8) is 0 Å². The van der Waals surface area contributed by atoms with Gasteiger partial charge in [0.15, 0.2) is 0 Å². The van der Waals surface area contributed by atoms with Crippen LogP contribution in [0.5, 0.6) is 0 Å². The van der Waals surface area contributed by atoms with E-state index in [-0.39, 0.29) is 12.3 Å². The number of hydrogen-bond acceptors (Lipinski definition) is 9. The predicted octanol–water partition coefficient (Wildman–Crippen LogP) is -3.16. The molecule has 1 aliphatic heterocycles. The van der Waals surface area contributed by atoms with Crippen LogP contribution in [0.25, 0.3) is 0 Å². The van der Waals surface area contributed by atoms with Gasteiger partial charge in [0.05, 0.1) is 19.2 Å². The number of nitrogens with one attached hydrogen (secondary N) is 2. The Labute approximate surface area is 161 Å². The van der Waals surface area contributed by atoms with Gasteiger partial charge in [0, 0.05) is 6.42 Å². The van der Waals surface area contributed by atoms with Gasteiger partial charge in [-0.05, 0) is 12.3 Å². The molecule has 0 bridgehead atoms. The lowest BCUT2D eigenvalue weighted by molar-refractivity contribution is -0.318. The maximum atomic E-state index is 12.5. The van der Waals surface area contributed by atoms with Crippen molar-refractivity contribution in [1.29, 1.82) is 0 Å². The summed E-state index contributed by atoms with van der Waals surface area (Å²) in [5, 5.41) is 62.2. The Kier molecular flexibility index (Phi) is 8.73. The SMILES string of the molecule is CC(C)C(NCC1(O)OCC(O)C(O)C1O)C(=O)NC(CCC(=O)O)C(=O)O. The number of aliphatic carboxylic acids is 2. The van der Waals surface area contributed by atoms with Crippen LogP contribution in [0.2, 0.25) is 0 Å². The zero-order chi connectivity index (χ0) is 21.6. The van der Waals surface area contributed by atoms with E-state index in [1.807, 2.05) is 0 Å². The highest BCUT2D eigenvalue weighted by molar-refractivity contribution is 5.87. The van der Waals surface area contributed by atoms with E-state index in [1.54, 1.807) is 13.8 Å². The monoisotopic (exact) mass is 408 g/mol. The summed E-state index contributed by atoms with van der Waals surface area (Å²) in [6.45, 7) is 2.35. The van der Waals surface area contributed by atoms with E-state index >= 15 is 0 Å². The molecule has 0 spiro atoms. The average Bonchev–Trinajstić information content (AvgIpc) is 2.60. The maximum absolute atomic E-state index is 12.5. The molecule has 12 nitrogen and oxygen atoms in total. The Morgan fingerprint density at radius 1 is 1.18 bits per heavy atom. The van der Waals surface area contributed by atoms with Crippen molar-refractivity contribution in [2.24, 2.45) is 5.92 Å². The third-order valence-corrected chi connectivity index (χ3v) is 4.47. The van der Waals surface area contributed by atoms with Crippen molar-refractivity contribution in [2.75, 3.05) is 13.2 Å². The molecule has 8 N–H and O–H groups in total. The van der Waals surface area contributed by atoms with Crippen LogP contribution in [0, 0.1) is 5.92 Å². The van der Waals surface area contributed by atoms with Crippen molar-refractivity contribution in [2.45, 2.75) is 62.9 Å². The maximum Gasteiger partial charge on any atom is 0.326 e. The van der Waals surface area contributed by atoms with Gasteiger partial charge < -0.3 is 46.0 Å². The molecular formula is C16H28N2O10. The topological polar surface area (TPSA) is 206 Å². The fraction of sp³-hybridized carbons (Fsp3) is 0.812. The zero-order valence-corrected chi connectivity index (χ0v) is 15.6. The van der Waals surface area contributed by atoms with Gasteiger partial charge in [-0.25, -0.2) is 4.79 Å². The molecule has 1 fully saturated rings. The van der Waals surface area contributed by atoms with Gasteiger partial charge in [0.1, 0.15) is 24.4 Å². The summed E-state index contributed by atoms with van der Waals surface area (Å²) in [6, 6.07) is -2.43. The Balaban J connectivity index is 2.77. The number of ether oxygens (including phenoxy) is 1. The fourth-order valence-corrected chi connectivity index (χ4v) is 2.72. The number of rotatable bonds is 10. The molecule has 0 aromatic carbocycles. The molecule has 0 aromatic rings. The van der Waals surface area contributed by atoms with Crippen LogP contribution in [0.1, 0.15) is 26.7 Å². The van der Waals surface area contributed by atoms with Gasteiger partial charge in [-0.1, -0.05) is 13.8 Å². The minimum atomic E-state index is -2.28. The second-order valence-corrected chi connectivity index (χ2v) is 7.09. The van der Waals surface area contributed by atoms with Crippen LogP contribution in [0.15, 0.2) is 0 Å². The molecule has 28 heavy (non-hydrogen) atoms. The van der Waals surface area contributed by atoms with E-state index in [9.17, 15) is 34.8 Å². The number of carboxylic acid groups (broad SMARTS) is 2. The molecule has 0 radical (unpaired) electrons. The normalized spacial score (nSPS) is 29.9. The van der Waals surface area contributed by atoms with E-state index in [2.05, 4.69) is 10.6 Å². The average molecular weight is 408 g/mol. The number of carbonyl (C=O) groups is 3. The minimum Gasteiger partial charge on any atom is -0.481 e. The van der Waals surface area contributed by atoms with Crippen LogP contribution in [-0.2, 0) is 19.1 Å². The minimum absolute atomic E-state index is 0.308. The van der Waals surface area contributed by atoms with Crippen LogP contribution < -0.4 is 10.6 Å². The van der Waals surface area contributed by atoms with E-state index in [0.29, 0.717) is 0 Å². The first-order valence-corrected chi connectivity index (χ1v) is 8.78. The van der Waals surface area contributed by atoms with Crippen molar-refractivity contribution in [3.8, 4) is 0 Å². The summed E-state index contributed by atoms with van der Waals surface area (Å²) in [5.41, 5.74) is 0. The molecule has 12 heteroatoms. The molecule has 6 unspecified atom stereocenters. The van der Waals surface area contributed by atoms with Crippen LogP contribution in [0.4, 0.5) is 0 Å². The van der Waals surface area contributed by atoms with Crippen LogP contribution in [0.3, 0.4) is 0 Å². The highest BCUT2D eigenvalue weighted by Gasteiger charge is 2.48. The summed E-state index contributed by atoms with van der Waals surface area (Å²) in [5.74, 6) is -6.00. The molecule has 1 amide bonds. The Hall–Kier alpha value is -1.83. The summed E-state index contributed by atoms with van der Waals surface area (Å²) in [6.07, 6.45) is -5.64. The molecule has 0 aromatic heterocycles. The highest BCUT2D eigenvalue weighted by atomic mass is 16.6. The van der Waals surface area contributed by atoms with E-state index < -0.39 is 73.6 Å². The molecule has 0 aliphatic carbocycles. The number of carbonyl (C=O) groups excluding carboxylic acids is 1. The summed E-state index contributed by atoms with van der Waals surface area (Å²) in [7, 11) is 0. The molecule has 1 saturated heterocycles. The van der Waals surface area contributed by atoms with Gasteiger partial charge in [-0.3, -0.25) is 9.59 Å². The largest absolute Gasteiger partial charge is 0.481 e. The summed E-state index contributed by atoms with van der Waals surface area (Å²) >= 11 is 0. The van der Waals surface area contributed by atoms with Crippen molar-refractivity contribution >= 4 is 17.8 Å². The second-order valence-electron chi connectivity index (χ2n) is 7.09. The fourth-order valence-electron chi connectivity index (χ4n) is 2.72. The number of carboxylic acids is 2. The molecule has 162 valence electrons. The second kappa shape index (κ2) is 10.1. The van der Waals surface area contributed by atoms with Crippen molar-refractivity contribution in [1.82, 2.24) is 10.6 Å². The van der Waals surface area contributed by atoms with E-state index in [1.165, 1.54) is 0 Å². The lowest BCUT2D eigenvalue weighted by Gasteiger charge is -2.42. The third-order valence-electron chi connectivity index (χ3n) is 4.47. The lowest BCUT2D eigenvalue weighted by Crippen LogP contribution is -2.66. The first-order valence-electron chi connectivity index (χ1n) is 8.78. The smallest absolute Gasteiger partial charge is 0.326 e. The summed E-state index contributed by atoms with van der Waals surface area (Å²) in [4.78, 5) is 34.3. The van der Waals surface area contributed by atoms with E-state index in [4.69, 9.17) is 14.9 Å². The number of amides is 1. The number of hydrogen-bond donors (Lipinski definition) is 8. The third kappa shape index (κ3) is 6.36. The standard InChI is InChI=1S/C16H28N2O10/c1-7(2)11(14(24)18-8(15(25)26)3-4-10(20)21)17-6-16(27)13(23)12(22)9(19)5-28-16/h7-9,11-13,17,19,22-23,27H,3-6H2,1-2H3,(H,18,24)(H,20,21)(H,25,26). The first-order chi connectivity index (χ1) is 12.9. The highest BCUT2D eigenvalue weighted by Crippen LogP contribution is 2.23. The molecule has 0 saturated carbocycles. The molecule has 1 heterocycles. The number of aliphatic hydroxyl groups is 4. The lowest BCUT2D eigenvalue weighted by atomic mass is 9.95. The van der Waals surface area contributed by atoms with E-state index in [0.717, 1.165) is 0 Å². The quantitative estimate of drug-likeness (QED) is 0.181. The van der Waals surface area contributed by atoms with Gasteiger partial charge in [0.2, 0.25) is 11.7 Å².